The van der Waals surface area contributed by atoms with Crippen molar-refractivity contribution in [2.45, 2.75) is 119 Å². The van der Waals surface area contributed by atoms with Crippen molar-refractivity contribution < 1.29 is 9.47 Å². The Labute approximate surface area is 340 Å². The normalized spacial score (nSPS) is 13.5. The second-order valence-corrected chi connectivity index (χ2v) is 19.0. The molecular weight excluding hydrogens is 792 g/mol. The van der Waals surface area contributed by atoms with Gasteiger partial charge in [-0.25, -0.2) is 0 Å². The largest absolute Gasteiger partial charge is 0.456 e. The second-order valence-electron chi connectivity index (χ2n) is 17.2. The summed E-state index contributed by atoms with van der Waals surface area (Å²) in [6, 6.07) is 27.3. The highest BCUT2D eigenvalue weighted by Gasteiger charge is 2.31. The summed E-state index contributed by atoms with van der Waals surface area (Å²) in [5, 5.41) is 2.12. The smallest absolute Gasteiger partial charge is 0.136 e. The lowest BCUT2D eigenvalue weighted by Gasteiger charge is -2.30. The molecule has 0 aromatic heterocycles. The van der Waals surface area contributed by atoms with Gasteiger partial charge in [-0.15, -0.1) is 0 Å². The number of halogens is 2. The molecule has 54 heavy (non-hydrogen) atoms. The molecule has 280 valence electrons. The maximum Gasteiger partial charge on any atom is 0.136 e. The van der Waals surface area contributed by atoms with Crippen LogP contribution in [-0.4, -0.2) is 0 Å². The van der Waals surface area contributed by atoms with Crippen LogP contribution >= 0.6 is 31.9 Å². The number of hydrogen-bond acceptors (Lipinski definition) is 2. The Morgan fingerprint density at radius 3 is 0.963 bits per heavy atom. The summed E-state index contributed by atoms with van der Waals surface area (Å²) in [6.45, 7) is 27.8. The lowest BCUT2D eigenvalue weighted by Crippen LogP contribution is -2.26. The van der Waals surface area contributed by atoms with Crippen LogP contribution in [0.3, 0.4) is 0 Å². The first-order chi connectivity index (χ1) is 25.5. The Kier molecular flexibility index (Phi) is 10.6. The Bertz CT molecular complexity index is 2200. The van der Waals surface area contributed by atoms with E-state index in [1.54, 1.807) is 0 Å². The number of rotatable bonds is 8. The van der Waals surface area contributed by atoms with Gasteiger partial charge in [0.05, 0.1) is 0 Å². The molecule has 0 saturated carbocycles. The summed E-state index contributed by atoms with van der Waals surface area (Å²) in [6.07, 6.45) is 0. The highest BCUT2D eigenvalue weighted by molar-refractivity contribution is 9.10. The zero-order valence-corrected chi connectivity index (χ0v) is 37.1. The first kappa shape index (κ1) is 38.7. The van der Waals surface area contributed by atoms with E-state index in [0.29, 0.717) is 35.5 Å². The van der Waals surface area contributed by atoms with E-state index in [9.17, 15) is 0 Å². The Morgan fingerprint density at radius 2 is 0.685 bits per heavy atom. The van der Waals surface area contributed by atoms with Gasteiger partial charge in [0.2, 0.25) is 0 Å². The van der Waals surface area contributed by atoms with E-state index >= 15 is 0 Å². The van der Waals surface area contributed by atoms with E-state index in [0.717, 1.165) is 53.5 Å². The molecule has 0 saturated heterocycles. The highest BCUT2D eigenvalue weighted by Crippen LogP contribution is 2.47. The molecule has 2 aliphatic rings. The molecule has 4 heteroatoms. The van der Waals surface area contributed by atoms with Crippen molar-refractivity contribution in [2.75, 3.05) is 0 Å². The van der Waals surface area contributed by atoms with E-state index in [-0.39, 0.29) is 0 Å². The quantitative estimate of drug-likeness (QED) is 0.152. The molecule has 0 atom stereocenters. The third kappa shape index (κ3) is 6.81. The molecule has 0 bridgehead atoms. The summed E-state index contributed by atoms with van der Waals surface area (Å²) < 4.78 is 16.0. The Hall–Kier alpha value is -3.60. The van der Waals surface area contributed by atoms with Crippen LogP contribution in [0.1, 0.15) is 174 Å². The van der Waals surface area contributed by atoms with E-state index in [1.807, 2.05) is 0 Å². The van der Waals surface area contributed by atoms with E-state index in [4.69, 9.17) is 9.47 Å². The fourth-order valence-electron chi connectivity index (χ4n) is 8.25. The molecule has 0 amide bonds. The third-order valence-corrected chi connectivity index (χ3v) is 12.2. The van der Waals surface area contributed by atoms with Gasteiger partial charge in [0.15, 0.2) is 0 Å². The van der Waals surface area contributed by atoms with Crippen molar-refractivity contribution in [2.24, 2.45) is 0 Å². The van der Waals surface area contributed by atoms with Gasteiger partial charge < -0.3 is 9.47 Å². The van der Waals surface area contributed by atoms with Crippen LogP contribution in [0.5, 0.6) is 23.0 Å². The zero-order valence-electron chi connectivity index (χ0n) is 34.0. The van der Waals surface area contributed by atoms with E-state index in [2.05, 4.69) is 188 Å². The van der Waals surface area contributed by atoms with E-state index in [1.165, 1.54) is 55.7 Å². The van der Waals surface area contributed by atoms with Gasteiger partial charge in [-0.2, -0.15) is 0 Å². The summed E-state index contributed by atoms with van der Waals surface area (Å²) >= 11 is 7.55. The lowest BCUT2D eigenvalue weighted by molar-refractivity contribution is 0.454. The Balaban J connectivity index is 1.70. The zero-order chi connectivity index (χ0) is 38.9. The van der Waals surface area contributed by atoms with Gasteiger partial charge in [0, 0.05) is 41.7 Å². The summed E-state index contributed by atoms with van der Waals surface area (Å²) in [7, 11) is 0. The molecular formula is C50H54Br2O2. The van der Waals surface area contributed by atoms with Gasteiger partial charge in [0.25, 0.3) is 0 Å². The average Bonchev–Trinajstić information content (AvgIpc) is 3.10. The summed E-state index contributed by atoms with van der Waals surface area (Å²) in [5.41, 5.74) is 15.5. The third-order valence-electron chi connectivity index (χ3n) is 11.3. The standard InChI is InChI=1S/C50H54Br2O2/c1-25(2)31-17-37(27(5)6)49(38(18-31)28(7)8)47-35-15-13-33(51)21-43(35)53-45-24-42-46(23-41(45)47)54-44-22-34(52)14-16-36(44)48(42)50-39(29(9)10)19-32(26(3)4)20-40(50)30(11)12/h13-30H,1-12H3. The molecule has 5 aromatic rings. The van der Waals surface area contributed by atoms with Crippen molar-refractivity contribution >= 4 is 43.0 Å². The molecule has 0 aliphatic carbocycles. The van der Waals surface area contributed by atoms with Gasteiger partial charge in [0.1, 0.15) is 23.0 Å². The topological polar surface area (TPSA) is 18.5 Å². The van der Waals surface area contributed by atoms with Crippen LogP contribution < -0.4 is 19.9 Å². The molecule has 0 N–H and O–H groups in total. The van der Waals surface area contributed by atoms with Gasteiger partial charge in [-0.1, -0.05) is 139 Å². The first-order valence-electron chi connectivity index (χ1n) is 19.8. The number of benzene rings is 5. The van der Waals surface area contributed by atoms with Gasteiger partial charge in [-0.05, 0) is 129 Å². The van der Waals surface area contributed by atoms with Crippen LogP contribution in [-0.2, 0) is 0 Å². The molecule has 0 radical (unpaired) electrons. The number of hydrogen-bond donors (Lipinski definition) is 0. The molecule has 5 aromatic carbocycles. The number of ether oxygens (including phenoxy) is 2. The summed E-state index contributed by atoms with van der Waals surface area (Å²) in [5.74, 6) is 5.58. The molecule has 0 unspecified atom stereocenters. The molecule has 2 aliphatic heterocycles. The van der Waals surface area contributed by atoms with Crippen LogP contribution in [0.15, 0.2) is 81.7 Å². The Morgan fingerprint density at radius 1 is 0.370 bits per heavy atom. The fourth-order valence-corrected chi connectivity index (χ4v) is 8.93. The van der Waals surface area contributed by atoms with Gasteiger partial charge >= 0.3 is 0 Å². The van der Waals surface area contributed by atoms with Crippen molar-refractivity contribution in [1.82, 2.24) is 0 Å². The van der Waals surface area contributed by atoms with Crippen LogP contribution in [0, 0.1) is 0 Å². The predicted octanol–water partition coefficient (Wildman–Crippen LogP) is 14.7. The minimum absolute atomic E-state index is 0.324. The average molecular weight is 847 g/mol. The minimum atomic E-state index is 0.324. The molecule has 7 rings (SSSR count). The fraction of sp³-hybridized carbons (Fsp3) is 0.360. The van der Waals surface area contributed by atoms with Gasteiger partial charge in [-0.3, -0.25) is 0 Å². The van der Waals surface area contributed by atoms with E-state index < -0.39 is 0 Å². The predicted molar refractivity (Wildman–Crippen MR) is 235 cm³/mol. The van der Waals surface area contributed by atoms with Crippen molar-refractivity contribution in [3.8, 4) is 23.0 Å². The second kappa shape index (κ2) is 14.8. The maximum atomic E-state index is 7.01. The molecule has 0 spiro atoms. The van der Waals surface area contributed by atoms with Crippen molar-refractivity contribution in [1.29, 1.82) is 0 Å². The SMILES string of the molecule is CC(C)c1cc(C(C)C)c(C2=c3cc4c(cc3Oc3cc(Br)ccc32)=C(c2c(C(C)C)cc(C(C)C)cc2C(C)C)c2ccc(Br)cc2O4)c(C(C)C)c1. The highest BCUT2D eigenvalue weighted by atomic mass is 79.9. The van der Waals surface area contributed by atoms with Crippen molar-refractivity contribution in [3.63, 3.8) is 0 Å². The van der Waals surface area contributed by atoms with Crippen LogP contribution in [0.4, 0.5) is 0 Å². The monoisotopic (exact) mass is 844 g/mol. The first-order valence-corrected chi connectivity index (χ1v) is 21.4. The van der Waals surface area contributed by atoms with Crippen LogP contribution in [0.2, 0.25) is 0 Å². The maximum absolute atomic E-state index is 7.01. The molecule has 2 heterocycles. The van der Waals surface area contributed by atoms with Crippen molar-refractivity contribution in [3.05, 3.63) is 148 Å². The molecule has 2 nitrogen and oxygen atoms in total. The molecule has 0 fully saturated rings. The lowest BCUT2D eigenvalue weighted by atomic mass is 9.78. The van der Waals surface area contributed by atoms with Crippen LogP contribution in [0.25, 0.3) is 11.1 Å². The summed E-state index contributed by atoms with van der Waals surface area (Å²) in [4.78, 5) is 0. The minimum Gasteiger partial charge on any atom is -0.456 e. The number of fused-ring (bicyclic) bond motifs is 4.